The van der Waals surface area contributed by atoms with E-state index in [0.717, 1.165) is 11.3 Å². The van der Waals surface area contributed by atoms with E-state index >= 15 is 0 Å². The fourth-order valence-corrected chi connectivity index (χ4v) is 5.24. The van der Waals surface area contributed by atoms with Gasteiger partial charge < -0.3 is 15.4 Å². The molecular weight excluding hydrogens is 388 g/mol. The van der Waals surface area contributed by atoms with Crippen molar-refractivity contribution in [3.8, 4) is 5.75 Å². The van der Waals surface area contributed by atoms with Gasteiger partial charge >= 0.3 is 11.8 Å². The fraction of sp³-hybridized carbons (Fsp3) is 0.333. The summed E-state index contributed by atoms with van der Waals surface area (Å²) in [7, 11) is -2.22. The maximum atomic E-state index is 13.0. The Labute approximate surface area is 162 Å². The molecule has 1 heterocycles. The molecule has 0 saturated carbocycles. The monoisotopic (exact) mass is 410 g/mol. The lowest BCUT2D eigenvalue weighted by Crippen LogP contribution is -2.42. The van der Waals surface area contributed by atoms with Crippen molar-refractivity contribution in [1.82, 2.24) is 10.6 Å². The van der Waals surface area contributed by atoms with Crippen LogP contribution in [0.15, 0.2) is 46.0 Å². The Morgan fingerprint density at radius 2 is 1.78 bits per heavy atom. The molecule has 0 unspecified atom stereocenters. The van der Waals surface area contributed by atoms with E-state index in [1.807, 2.05) is 6.92 Å². The fourth-order valence-electron chi connectivity index (χ4n) is 2.38. The van der Waals surface area contributed by atoms with Gasteiger partial charge in [0.05, 0.1) is 7.11 Å². The van der Waals surface area contributed by atoms with Crippen LogP contribution in [-0.2, 0) is 19.4 Å². The molecule has 0 saturated heterocycles. The number of ether oxygens (including phenoxy) is 1. The van der Waals surface area contributed by atoms with Gasteiger partial charge in [-0.15, -0.1) is 11.3 Å². The summed E-state index contributed by atoms with van der Waals surface area (Å²) in [6, 6.07) is 9.76. The first-order chi connectivity index (χ1) is 12.9. The summed E-state index contributed by atoms with van der Waals surface area (Å²) < 4.78 is 31.4. The van der Waals surface area contributed by atoms with Crippen LogP contribution in [0.2, 0.25) is 0 Å². The largest absolute Gasteiger partial charge is 0.497 e. The number of nitrogens with one attached hydrogen (secondary N) is 2. The van der Waals surface area contributed by atoms with Gasteiger partial charge in [-0.25, -0.2) is 8.42 Å². The molecule has 1 atom stereocenters. The highest BCUT2D eigenvalue weighted by Crippen LogP contribution is 2.32. The van der Waals surface area contributed by atoms with Gasteiger partial charge in [0, 0.05) is 13.1 Å². The molecule has 2 aromatic rings. The second-order valence-electron chi connectivity index (χ2n) is 5.70. The van der Waals surface area contributed by atoms with E-state index in [1.165, 1.54) is 13.2 Å². The SMILES string of the molecule is CCCNC(=O)C(=O)NC[C@H](c1ccc(OC)cc1)S(=O)(=O)c1cccs1. The lowest BCUT2D eigenvalue weighted by molar-refractivity contribution is -0.139. The van der Waals surface area contributed by atoms with E-state index in [0.29, 0.717) is 24.3 Å². The average molecular weight is 411 g/mol. The lowest BCUT2D eigenvalue weighted by atomic mass is 10.1. The highest BCUT2D eigenvalue weighted by molar-refractivity contribution is 7.93. The van der Waals surface area contributed by atoms with Gasteiger partial charge in [-0.3, -0.25) is 9.59 Å². The van der Waals surface area contributed by atoms with Gasteiger partial charge in [0.2, 0.25) is 0 Å². The van der Waals surface area contributed by atoms with Crippen LogP contribution < -0.4 is 15.4 Å². The van der Waals surface area contributed by atoms with Crippen molar-refractivity contribution in [3.63, 3.8) is 0 Å². The maximum Gasteiger partial charge on any atom is 0.309 e. The van der Waals surface area contributed by atoms with Gasteiger partial charge in [-0.1, -0.05) is 25.1 Å². The molecule has 2 rings (SSSR count). The minimum atomic E-state index is -3.74. The molecule has 0 aliphatic rings. The number of thiophene rings is 1. The third-order valence-electron chi connectivity index (χ3n) is 3.83. The molecule has 0 spiro atoms. The first-order valence-corrected chi connectivity index (χ1v) is 10.8. The smallest absolute Gasteiger partial charge is 0.309 e. The predicted molar refractivity (Wildman–Crippen MR) is 104 cm³/mol. The van der Waals surface area contributed by atoms with Crippen LogP contribution in [0.5, 0.6) is 5.75 Å². The van der Waals surface area contributed by atoms with E-state index in [2.05, 4.69) is 10.6 Å². The van der Waals surface area contributed by atoms with Crippen molar-refractivity contribution in [2.24, 2.45) is 0 Å². The summed E-state index contributed by atoms with van der Waals surface area (Å²) in [5.74, 6) is -1.05. The van der Waals surface area contributed by atoms with Crippen LogP contribution in [0.1, 0.15) is 24.2 Å². The van der Waals surface area contributed by atoms with E-state index in [-0.39, 0.29) is 10.8 Å². The molecule has 2 amide bonds. The normalized spacial score (nSPS) is 12.2. The van der Waals surface area contributed by atoms with Gasteiger partial charge in [0.15, 0.2) is 9.84 Å². The number of sulfone groups is 1. The van der Waals surface area contributed by atoms with E-state index in [9.17, 15) is 18.0 Å². The zero-order valence-electron chi connectivity index (χ0n) is 15.1. The Balaban J connectivity index is 2.24. The Kier molecular flexibility index (Phi) is 7.37. The molecule has 27 heavy (non-hydrogen) atoms. The van der Waals surface area contributed by atoms with Crippen LogP contribution in [0, 0.1) is 0 Å². The van der Waals surface area contributed by atoms with Crippen LogP contribution in [0.4, 0.5) is 0 Å². The van der Waals surface area contributed by atoms with Crippen LogP contribution in [-0.4, -0.2) is 40.4 Å². The van der Waals surface area contributed by atoms with Crippen molar-refractivity contribution >= 4 is 33.0 Å². The minimum absolute atomic E-state index is 0.202. The molecule has 0 aliphatic carbocycles. The Hall–Kier alpha value is -2.39. The molecule has 0 aliphatic heterocycles. The highest BCUT2D eigenvalue weighted by atomic mass is 32.2. The summed E-state index contributed by atoms with van der Waals surface area (Å²) in [6.07, 6.45) is 0.695. The van der Waals surface area contributed by atoms with Gasteiger partial charge in [0.1, 0.15) is 15.2 Å². The van der Waals surface area contributed by atoms with E-state index < -0.39 is 26.9 Å². The zero-order chi connectivity index (χ0) is 19.9. The summed E-state index contributed by atoms with van der Waals surface area (Å²) in [5, 5.41) is 5.54. The number of rotatable bonds is 8. The Bertz CT molecular complexity index is 862. The van der Waals surface area contributed by atoms with Gasteiger partial charge in [-0.2, -0.15) is 0 Å². The van der Waals surface area contributed by atoms with Crippen LogP contribution >= 0.6 is 11.3 Å². The number of benzene rings is 1. The summed E-state index contributed by atoms with van der Waals surface area (Å²) in [6.45, 7) is 2.03. The number of amides is 2. The molecule has 2 N–H and O–H groups in total. The number of methoxy groups -OCH3 is 1. The second-order valence-corrected chi connectivity index (χ2v) is 9.01. The quantitative estimate of drug-likeness (QED) is 0.648. The lowest BCUT2D eigenvalue weighted by Gasteiger charge is -2.18. The van der Waals surface area contributed by atoms with Crippen molar-refractivity contribution in [2.75, 3.05) is 20.2 Å². The van der Waals surface area contributed by atoms with Gasteiger partial charge in [-0.05, 0) is 35.6 Å². The molecule has 146 valence electrons. The minimum Gasteiger partial charge on any atom is -0.497 e. The molecule has 1 aromatic carbocycles. The molecule has 0 fully saturated rings. The van der Waals surface area contributed by atoms with E-state index in [1.54, 1.807) is 35.7 Å². The van der Waals surface area contributed by atoms with E-state index in [4.69, 9.17) is 4.74 Å². The molecule has 9 heteroatoms. The average Bonchev–Trinajstić information content (AvgIpc) is 3.22. The Morgan fingerprint density at radius 1 is 1.11 bits per heavy atom. The summed E-state index contributed by atoms with van der Waals surface area (Å²) >= 11 is 1.11. The number of hydrogen-bond acceptors (Lipinski definition) is 6. The third-order valence-corrected chi connectivity index (χ3v) is 7.36. The number of hydrogen-bond donors (Lipinski definition) is 2. The predicted octanol–water partition coefficient (Wildman–Crippen LogP) is 1.91. The third kappa shape index (κ3) is 5.30. The Morgan fingerprint density at radius 3 is 2.33 bits per heavy atom. The molecule has 0 bridgehead atoms. The molecule has 1 aromatic heterocycles. The second kappa shape index (κ2) is 9.52. The van der Waals surface area contributed by atoms with Crippen molar-refractivity contribution in [1.29, 1.82) is 0 Å². The highest BCUT2D eigenvalue weighted by Gasteiger charge is 2.31. The number of carbonyl (C=O) groups excluding carboxylic acids is 2. The topological polar surface area (TPSA) is 102 Å². The number of carbonyl (C=O) groups is 2. The molecular formula is C18H22N2O5S2. The van der Waals surface area contributed by atoms with Crippen LogP contribution in [0.3, 0.4) is 0 Å². The van der Waals surface area contributed by atoms with Crippen molar-refractivity contribution in [2.45, 2.75) is 22.8 Å². The summed E-state index contributed by atoms with van der Waals surface area (Å²) in [5.41, 5.74) is 0.499. The maximum absolute atomic E-state index is 13.0. The molecule has 7 nitrogen and oxygen atoms in total. The standard InChI is InChI=1S/C18H22N2O5S2/c1-3-10-19-17(21)18(22)20-12-15(13-6-8-14(25-2)9-7-13)27(23,24)16-5-4-11-26-16/h4-9,11,15H,3,10,12H2,1-2H3,(H,19,21)(H,20,22)/t15-/m1/s1. The zero-order valence-corrected chi connectivity index (χ0v) is 16.7. The first kappa shape index (κ1) is 20.9. The van der Waals surface area contributed by atoms with Crippen LogP contribution in [0.25, 0.3) is 0 Å². The molecule has 0 radical (unpaired) electrons. The van der Waals surface area contributed by atoms with Crippen molar-refractivity contribution < 1.29 is 22.7 Å². The summed E-state index contributed by atoms with van der Waals surface area (Å²) in [4.78, 5) is 23.7. The first-order valence-electron chi connectivity index (χ1n) is 8.37. The van der Waals surface area contributed by atoms with Crippen molar-refractivity contribution in [3.05, 3.63) is 47.3 Å². The van der Waals surface area contributed by atoms with Gasteiger partial charge in [0.25, 0.3) is 0 Å².